The second-order valence-corrected chi connectivity index (χ2v) is 3.36. The van der Waals surface area contributed by atoms with E-state index in [0.29, 0.717) is 11.8 Å². The van der Waals surface area contributed by atoms with E-state index in [1.165, 1.54) is 6.21 Å². The second kappa shape index (κ2) is 4.10. The highest BCUT2D eigenvalue weighted by Crippen LogP contribution is 2.15. The number of rotatable bonds is 4. The van der Waals surface area contributed by atoms with E-state index in [4.69, 9.17) is 9.83 Å². The van der Waals surface area contributed by atoms with Crippen LogP contribution in [0.15, 0.2) is 22.8 Å². The number of nitrogens with one attached hydrogen (secondary N) is 1. The maximum atomic E-state index is 7.23. The Morgan fingerprint density at radius 1 is 1.58 bits per heavy atom. The monoisotopic (exact) mass is 165 g/mol. The maximum absolute atomic E-state index is 7.23. The van der Waals surface area contributed by atoms with Crippen LogP contribution in [0, 0.1) is 17.2 Å². The van der Waals surface area contributed by atoms with Crippen LogP contribution >= 0.6 is 0 Å². The summed E-state index contributed by atoms with van der Waals surface area (Å²) >= 11 is 0. The molecule has 0 radical (unpaired) electrons. The van der Waals surface area contributed by atoms with E-state index in [0.717, 1.165) is 12.2 Å². The molecule has 0 bridgehead atoms. The number of hydrogen-bond donors (Lipinski definition) is 1. The van der Waals surface area contributed by atoms with Crippen LogP contribution in [0.5, 0.6) is 0 Å². The lowest BCUT2D eigenvalue weighted by molar-refractivity contribution is 0.432. The molecule has 0 fully saturated rings. The lowest BCUT2D eigenvalue weighted by Crippen LogP contribution is -2.12. The first-order valence-electron chi connectivity index (χ1n) is 4.27. The van der Waals surface area contributed by atoms with E-state index in [-0.39, 0.29) is 0 Å². The van der Waals surface area contributed by atoms with E-state index in [2.05, 4.69) is 13.8 Å². The summed E-state index contributed by atoms with van der Waals surface area (Å²) in [5.41, 5.74) is 0. The lowest BCUT2D eigenvalue weighted by Gasteiger charge is -2.13. The predicted molar refractivity (Wildman–Crippen MR) is 49.5 cm³/mol. The Hall–Kier alpha value is -1.05. The van der Waals surface area contributed by atoms with Gasteiger partial charge in [-0.2, -0.15) is 0 Å². The van der Waals surface area contributed by atoms with Crippen LogP contribution in [0.25, 0.3) is 0 Å². The number of hydrogen-bond acceptors (Lipinski definition) is 2. The van der Waals surface area contributed by atoms with Gasteiger partial charge < -0.3 is 9.83 Å². The Morgan fingerprint density at radius 3 is 2.75 bits per heavy atom. The van der Waals surface area contributed by atoms with Crippen LogP contribution in [-0.2, 0) is 6.42 Å². The highest BCUT2D eigenvalue weighted by molar-refractivity contribution is 5.57. The van der Waals surface area contributed by atoms with Gasteiger partial charge in [0.05, 0.1) is 6.26 Å². The zero-order chi connectivity index (χ0) is 8.97. The van der Waals surface area contributed by atoms with Gasteiger partial charge in [0.25, 0.3) is 0 Å². The van der Waals surface area contributed by atoms with Crippen molar-refractivity contribution in [2.45, 2.75) is 20.3 Å². The van der Waals surface area contributed by atoms with E-state index in [9.17, 15) is 0 Å². The SMILES string of the molecule is CC(C)[C@@H](C=N)Cc1ccco1. The molecule has 1 aromatic heterocycles. The minimum Gasteiger partial charge on any atom is -0.469 e. The standard InChI is InChI=1S/C10H15NO/c1-8(2)9(7-11)6-10-4-3-5-12-10/h3-5,7-9,11H,6H2,1-2H3/t9-/m1/s1. The average Bonchev–Trinajstić information content (AvgIpc) is 2.51. The first-order chi connectivity index (χ1) is 5.74. The number of furan rings is 1. The van der Waals surface area contributed by atoms with Gasteiger partial charge in [0, 0.05) is 12.3 Å². The molecule has 0 aliphatic rings. The quantitative estimate of drug-likeness (QED) is 0.684. The second-order valence-electron chi connectivity index (χ2n) is 3.36. The largest absolute Gasteiger partial charge is 0.469 e. The van der Waals surface area contributed by atoms with E-state index < -0.39 is 0 Å². The van der Waals surface area contributed by atoms with E-state index >= 15 is 0 Å². The summed E-state index contributed by atoms with van der Waals surface area (Å²) in [7, 11) is 0. The molecule has 0 saturated carbocycles. The van der Waals surface area contributed by atoms with Crippen molar-refractivity contribution in [3.63, 3.8) is 0 Å². The van der Waals surface area contributed by atoms with E-state index in [1.807, 2.05) is 12.1 Å². The average molecular weight is 165 g/mol. The normalized spacial score (nSPS) is 13.2. The molecule has 1 rings (SSSR count). The smallest absolute Gasteiger partial charge is 0.104 e. The molecule has 2 nitrogen and oxygen atoms in total. The summed E-state index contributed by atoms with van der Waals surface area (Å²) in [4.78, 5) is 0. The Bertz CT molecular complexity index is 226. The Morgan fingerprint density at radius 2 is 2.33 bits per heavy atom. The van der Waals surface area contributed by atoms with Crippen LogP contribution in [-0.4, -0.2) is 6.21 Å². The third-order valence-corrected chi connectivity index (χ3v) is 2.09. The van der Waals surface area contributed by atoms with Gasteiger partial charge in [-0.15, -0.1) is 0 Å². The Kier molecular flexibility index (Phi) is 3.09. The molecule has 1 aromatic rings. The minimum absolute atomic E-state index is 0.302. The molecule has 2 heteroatoms. The van der Waals surface area contributed by atoms with Crippen molar-refractivity contribution in [3.8, 4) is 0 Å². The first-order valence-corrected chi connectivity index (χ1v) is 4.27. The maximum Gasteiger partial charge on any atom is 0.104 e. The molecular weight excluding hydrogens is 150 g/mol. The zero-order valence-corrected chi connectivity index (χ0v) is 7.58. The van der Waals surface area contributed by atoms with Gasteiger partial charge in [0.15, 0.2) is 0 Å². The third-order valence-electron chi connectivity index (χ3n) is 2.09. The zero-order valence-electron chi connectivity index (χ0n) is 7.58. The summed E-state index contributed by atoms with van der Waals surface area (Å²) in [5, 5.41) is 7.23. The minimum atomic E-state index is 0.302. The molecule has 1 heterocycles. The molecule has 1 N–H and O–H groups in total. The van der Waals surface area contributed by atoms with Crippen molar-refractivity contribution in [2.24, 2.45) is 11.8 Å². The third kappa shape index (κ3) is 2.22. The summed E-state index contributed by atoms with van der Waals surface area (Å²) in [5.74, 6) is 1.78. The highest BCUT2D eigenvalue weighted by atomic mass is 16.3. The van der Waals surface area contributed by atoms with Crippen LogP contribution in [0.2, 0.25) is 0 Å². The molecule has 0 amide bonds. The van der Waals surface area contributed by atoms with Crippen LogP contribution in [0.4, 0.5) is 0 Å². The van der Waals surface area contributed by atoms with Crippen LogP contribution < -0.4 is 0 Å². The van der Waals surface area contributed by atoms with Crippen molar-refractivity contribution in [2.75, 3.05) is 0 Å². The summed E-state index contributed by atoms with van der Waals surface area (Å²) in [6.45, 7) is 4.25. The molecule has 1 atom stereocenters. The van der Waals surface area contributed by atoms with Gasteiger partial charge in [-0.1, -0.05) is 13.8 Å². The molecule has 12 heavy (non-hydrogen) atoms. The molecule has 0 spiro atoms. The van der Waals surface area contributed by atoms with Gasteiger partial charge in [0.2, 0.25) is 0 Å². The lowest BCUT2D eigenvalue weighted by atomic mass is 9.93. The fourth-order valence-corrected chi connectivity index (χ4v) is 1.15. The molecule has 0 saturated heterocycles. The topological polar surface area (TPSA) is 37.0 Å². The molecule has 66 valence electrons. The molecule has 0 aromatic carbocycles. The summed E-state index contributed by atoms with van der Waals surface area (Å²) in [6, 6.07) is 3.84. The molecule has 0 aliphatic heterocycles. The van der Waals surface area contributed by atoms with Crippen molar-refractivity contribution < 1.29 is 4.42 Å². The van der Waals surface area contributed by atoms with Crippen molar-refractivity contribution >= 4 is 6.21 Å². The van der Waals surface area contributed by atoms with Gasteiger partial charge in [0.1, 0.15) is 5.76 Å². The van der Waals surface area contributed by atoms with Crippen molar-refractivity contribution in [3.05, 3.63) is 24.2 Å². The molecule has 0 aliphatic carbocycles. The summed E-state index contributed by atoms with van der Waals surface area (Å²) < 4.78 is 5.21. The molecule has 0 unspecified atom stereocenters. The Labute approximate surface area is 73.1 Å². The Balaban J connectivity index is 2.54. The van der Waals surface area contributed by atoms with E-state index in [1.54, 1.807) is 6.26 Å². The van der Waals surface area contributed by atoms with Gasteiger partial charge in [-0.25, -0.2) is 0 Å². The van der Waals surface area contributed by atoms with Crippen molar-refractivity contribution in [1.29, 1.82) is 5.41 Å². The predicted octanol–water partition coefficient (Wildman–Crippen LogP) is 2.74. The van der Waals surface area contributed by atoms with Crippen molar-refractivity contribution in [1.82, 2.24) is 0 Å². The van der Waals surface area contributed by atoms with Gasteiger partial charge in [-0.05, 0) is 24.3 Å². The fraction of sp³-hybridized carbons (Fsp3) is 0.500. The van der Waals surface area contributed by atoms with Gasteiger partial charge >= 0.3 is 0 Å². The van der Waals surface area contributed by atoms with Crippen LogP contribution in [0.3, 0.4) is 0 Å². The fourth-order valence-electron chi connectivity index (χ4n) is 1.15. The molecular formula is C10H15NO. The van der Waals surface area contributed by atoms with Gasteiger partial charge in [-0.3, -0.25) is 0 Å². The van der Waals surface area contributed by atoms with Crippen LogP contribution in [0.1, 0.15) is 19.6 Å². The highest BCUT2D eigenvalue weighted by Gasteiger charge is 2.11. The summed E-state index contributed by atoms with van der Waals surface area (Å²) in [6.07, 6.45) is 4.03. The first kappa shape index (κ1) is 9.04.